The van der Waals surface area contributed by atoms with Gasteiger partial charge in [-0.05, 0) is 72.8 Å². The van der Waals surface area contributed by atoms with E-state index in [0.29, 0.717) is 22.7 Å². The SMILES string of the molecule is O=[N+]([O-])c1cc([N+](=O)[O-])c2cc1Nc1ccc(Nc3ccccc3)c(c1)Nc1cc(c([N+](=O)[O-])cc1[N+](=O)[O-])Nc1ccc(Nc3ccccc3)c(c1)N2. The summed E-state index contributed by atoms with van der Waals surface area (Å²) in [7, 11) is 0. The van der Waals surface area contributed by atoms with Crippen LogP contribution in [0.1, 0.15) is 0 Å². The van der Waals surface area contributed by atoms with E-state index in [1.165, 1.54) is 24.3 Å². The summed E-state index contributed by atoms with van der Waals surface area (Å²) in [6.45, 7) is 0. The van der Waals surface area contributed by atoms with Gasteiger partial charge in [-0.3, -0.25) is 40.5 Å². The standard InChI is InChI=1S/C36H26N10O8/c47-43(48)33-19-35(45(51)52)31-17-29(33)40-24-12-14-26(38-22-9-5-2-6-10-22)28(16-24)42-32-18-30(34(44(49)50)20-36(32)46(53)54)39-23-11-13-25(27(15-23)41-31)37-21-7-3-1-4-8-21/h1-20,37-42H. The van der Waals surface area contributed by atoms with E-state index >= 15 is 0 Å². The molecule has 0 spiro atoms. The van der Waals surface area contributed by atoms with E-state index in [4.69, 9.17) is 0 Å². The lowest BCUT2D eigenvalue weighted by Crippen LogP contribution is -2.07. The second kappa shape index (κ2) is 14.2. The number of hydrogen-bond acceptors (Lipinski definition) is 14. The van der Waals surface area contributed by atoms with Crippen LogP contribution in [0.15, 0.2) is 121 Å². The van der Waals surface area contributed by atoms with Gasteiger partial charge in [0.15, 0.2) is 0 Å². The molecule has 1 heterocycles. The van der Waals surface area contributed by atoms with E-state index in [2.05, 4.69) is 31.9 Å². The number of fused-ring (bicyclic) bond motifs is 8. The number of rotatable bonds is 8. The van der Waals surface area contributed by atoms with Gasteiger partial charge in [-0.15, -0.1) is 0 Å². The molecule has 0 amide bonds. The van der Waals surface area contributed by atoms with E-state index < -0.39 is 42.4 Å². The molecule has 0 saturated heterocycles. The predicted octanol–water partition coefficient (Wildman–Crippen LogP) is 10.1. The van der Waals surface area contributed by atoms with E-state index in [1.807, 2.05) is 12.1 Å². The molecule has 6 aromatic rings. The van der Waals surface area contributed by atoms with Crippen molar-refractivity contribution in [3.8, 4) is 0 Å². The Bertz CT molecular complexity index is 2310. The molecule has 0 fully saturated rings. The Kier molecular flexibility index (Phi) is 8.96. The van der Waals surface area contributed by atoms with Gasteiger partial charge in [-0.2, -0.15) is 0 Å². The number of para-hydroxylation sites is 2. The number of nitrogens with one attached hydrogen (secondary N) is 6. The summed E-state index contributed by atoms with van der Waals surface area (Å²) >= 11 is 0. The van der Waals surface area contributed by atoms with Crippen molar-refractivity contribution in [1.29, 1.82) is 0 Å². The van der Waals surface area contributed by atoms with E-state index in [-0.39, 0.29) is 45.5 Å². The minimum absolute atomic E-state index is 0.106. The summed E-state index contributed by atoms with van der Waals surface area (Å²) in [4.78, 5) is 46.2. The molecular weight excluding hydrogens is 700 g/mol. The number of nitro benzene ring substituents is 4. The first-order valence-corrected chi connectivity index (χ1v) is 16.0. The summed E-state index contributed by atoms with van der Waals surface area (Å²) in [5.41, 5.74) is 0.306. The highest BCUT2D eigenvalue weighted by atomic mass is 16.6. The molecular formula is C36H26N10O8. The molecule has 18 nitrogen and oxygen atoms in total. The van der Waals surface area contributed by atoms with Gasteiger partial charge in [-0.25, -0.2) is 0 Å². The van der Waals surface area contributed by atoms with Crippen molar-refractivity contribution in [3.05, 3.63) is 162 Å². The van der Waals surface area contributed by atoms with E-state index in [0.717, 1.165) is 12.1 Å². The zero-order valence-corrected chi connectivity index (χ0v) is 27.6. The molecule has 0 saturated carbocycles. The lowest BCUT2D eigenvalue weighted by molar-refractivity contribution is -0.393. The van der Waals surface area contributed by atoms with Crippen molar-refractivity contribution in [2.75, 3.05) is 31.9 Å². The molecule has 1 aliphatic heterocycles. The summed E-state index contributed by atoms with van der Waals surface area (Å²) < 4.78 is 0. The molecule has 0 unspecified atom stereocenters. The Labute approximate surface area is 304 Å². The minimum atomic E-state index is -0.753. The Morgan fingerprint density at radius 3 is 1.04 bits per heavy atom. The third-order valence-corrected chi connectivity index (χ3v) is 8.26. The molecule has 1 aliphatic rings. The maximum atomic E-state index is 12.3. The highest BCUT2D eigenvalue weighted by molar-refractivity contribution is 5.91. The van der Waals surface area contributed by atoms with Crippen molar-refractivity contribution < 1.29 is 19.7 Å². The molecule has 6 aromatic carbocycles. The molecule has 54 heavy (non-hydrogen) atoms. The lowest BCUT2D eigenvalue weighted by atomic mass is 10.1. The van der Waals surface area contributed by atoms with Crippen LogP contribution in [0.5, 0.6) is 0 Å². The van der Waals surface area contributed by atoms with Crippen LogP contribution in [0.3, 0.4) is 0 Å². The van der Waals surface area contributed by atoms with Crippen molar-refractivity contribution >= 4 is 91.0 Å². The zero-order valence-electron chi connectivity index (χ0n) is 27.6. The zero-order chi connectivity index (χ0) is 37.9. The van der Waals surface area contributed by atoms with Crippen LogP contribution in [0, 0.1) is 40.5 Å². The highest BCUT2D eigenvalue weighted by Crippen LogP contribution is 2.45. The number of nitro groups is 4. The normalized spacial score (nSPS) is 11.4. The third kappa shape index (κ3) is 7.14. The van der Waals surface area contributed by atoms with Crippen LogP contribution >= 0.6 is 0 Å². The Hall–Kier alpha value is -8.28. The number of hydrogen-bond donors (Lipinski definition) is 6. The van der Waals surface area contributed by atoms with Gasteiger partial charge in [0, 0.05) is 22.7 Å². The topological polar surface area (TPSA) is 245 Å². The summed E-state index contributed by atoms with van der Waals surface area (Å²) in [6, 6.07) is 31.5. The fourth-order valence-electron chi connectivity index (χ4n) is 5.78. The maximum absolute atomic E-state index is 12.3. The van der Waals surface area contributed by atoms with Gasteiger partial charge < -0.3 is 31.9 Å². The first-order chi connectivity index (χ1) is 26.0. The Morgan fingerprint density at radius 1 is 0.370 bits per heavy atom. The van der Waals surface area contributed by atoms with Gasteiger partial charge in [0.05, 0.1) is 54.6 Å². The molecule has 0 aliphatic carbocycles. The monoisotopic (exact) mass is 726 g/mol. The molecule has 8 bridgehead atoms. The van der Waals surface area contributed by atoms with E-state index in [1.54, 1.807) is 72.8 Å². The van der Waals surface area contributed by atoms with Crippen molar-refractivity contribution in [2.24, 2.45) is 0 Å². The van der Waals surface area contributed by atoms with Gasteiger partial charge >= 0.3 is 0 Å². The third-order valence-electron chi connectivity index (χ3n) is 8.26. The van der Waals surface area contributed by atoms with Gasteiger partial charge in [-0.1, -0.05) is 36.4 Å². The van der Waals surface area contributed by atoms with Gasteiger partial charge in [0.1, 0.15) is 22.7 Å². The van der Waals surface area contributed by atoms with E-state index in [9.17, 15) is 40.5 Å². The number of anilines is 12. The molecule has 18 heteroatoms. The minimum Gasteiger partial charge on any atom is -0.354 e. The number of nitrogens with zero attached hydrogens (tertiary/aromatic N) is 4. The molecule has 0 radical (unpaired) electrons. The highest BCUT2D eigenvalue weighted by Gasteiger charge is 2.28. The van der Waals surface area contributed by atoms with Crippen LogP contribution in [0.2, 0.25) is 0 Å². The maximum Gasteiger partial charge on any atom is 0.299 e. The van der Waals surface area contributed by atoms with Crippen LogP contribution in [-0.4, -0.2) is 19.7 Å². The van der Waals surface area contributed by atoms with Crippen LogP contribution in [0.25, 0.3) is 0 Å². The molecule has 268 valence electrons. The second-order valence-electron chi connectivity index (χ2n) is 11.8. The number of benzene rings is 6. The largest absolute Gasteiger partial charge is 0.354 e. The Balaban J connectivity index is 1.47. The van der Waals surface area contributed by atoms with Crippen LogP contribution < -0.4 is 31.9 Å². The molecule has 7 rings (SSSR count). The Morgan fingerprint density at radius 2 is 0.704 bits per heavy atom. The van der Waals surface area contributed by atoms with Gasteiger partial charge in [0.25, 0.3) is 22.7 Å². The average molecular weight is 727 g/mol. The van der Waals surface area contributed by atoms with Crippen molar-refractivity contribution in [2.45, 2.75) is 0 Å². The van der Waals surface area contributed by atoms with Crippen molar-refractivity contribution in [3.63, 3.8) is 0 Å². The second-order valence-corrected chi connectivity index (χ2v) is 11.8. The van der Waals surface area contributed by atoms with Crippen molar-refractivity contribution in [1.82, 2.24) is 0 Å². The average Bonchev–Trinajstić information content (AvgIpc) is 3.14. The molecule has 0 atom stereocenters. The molecule has 0 aromatic heterocycles. The summed E-state index contributed by atoms with van der Waals surface area (Å²) in [5.74, 6) is 0. The first kappa shape index (κ1) is 34.2. The first-order valence-electron chi connectivity index (χ1n) is 16.0. The summed E-state index contributed by atoms with van der Waals surface area (Å²) in [6.07, 6.45) is 0. The predicted molar refractivity (Wildman–Crippen MR) is 205 cm³/mol. The van der Waals surface area contributed by atoms with Gasteiger partial charge in [0.2, 0.25) is 0 Å². The fraction of sp³-hybridized carbons (Fsp3) is 0. The summed E-state index contributed by atoms with van der Waals surface area (Å²) in [5, 5.41) is 67.7. The van der Waals surface area contributed by atoms with Crippen LogP contribution in [-0.2, 0) is 0 Å². The lowest BCUT2D eigenvalue weighted by Gasteiger charge is -2.19. The smallest absolute Gasteiger partial charge is 0.299 e. The fourth-order valence-corrected chi connectivity index (χ4v) is 5.78. The van der Waals surface area contributed by atoms with Crippen LogP contribution in [0.4, 0.5) is 91.0 Å². The quantitative estimate of drug-likeness (QED) is 0.0630. The molecule has 6 N–H and O–H groups in total.